The van der Waals surface area contributed by atoms with Crippen molar-refractivity contribution in [3.05, 3.63) is 64.2 Å². The smallest absolute Gasteiger partial charge is 0.416 e. The normalized spacial score (nSPS) is 17.6. The van der Waals surface area contributed by atoms with Crippen molar-refractivity contribution in [1.82, 2.24) is 4.90 Å². The van der Waals surface area contributed by atoms with Crippen LogP contribution >= 0.6 is 0 Å². The minimum absolute atomic E-state index is 0.0642. The van der Waals surface area contributed by atoms with E-state index in [0.717, 1.165) is 23.0 Å². The SMILES string of the molecule is CC[C@H]1C[C@@H](N(Cc2cc(C(F)(F)F)cc(C(F)(F)F)c2)C(=O)OC)c2cc(C(F)(F)F)ccc2N1C(=O)OC(C)C. The van der Waals surface area contributed by atoms with Gasteiger partial charge in [-0.25, -0.2) is 9.59 Å². The molecular formula is C27H27F9N2O4. The van der Waals surface area contributed by atoms with Crippen molar-refractivity contribution < 1.29 is 58.6 Å². The summed E-state index contributed by atoms with van der Waals surface area (Å²) >= 11 is 0. The standard InChI is InChI=1S/C27H27F9N2O4/c1-5-19-12-22(20-11-16(25(28,29)30)6-7-21(20)38(19)24(40)42-14(2)3)37(23(39)41-4)13-15-8-17(26(31,32)33)10-18(9-15)27(34,35)36/h6-11,14,19,22H,5,12-13H2,1-4H3/t19-,22+/m0/s1. The van der Waals surface area contributed by atoms with Gasteiger partial charge in [-0.3, -0.25) is 9.80 Å². The van der Waals surface area contributed by atoms with Crippen LogP contribution < -0.4 is 4.90 Å². The monoisotopic (exact) mass is 614 g/mol. The van der Waals surface area contributed by atoms with Gasteiger partial charge in [0.1, 0.15) is 0 Å². The van der Waals surface area contributed by atoms with Gasteiger partial charge in [0.15, 0.2) is 0 Å². The maximum Gasteiger partial charge on any atom is 0.416 e. The summed E-state index contributed by atoms with van der Waals surface area (Å²) < 4.78 is 132. The molecule has 0 saturated carbocycles. The number of hydrogen-bond acceptors (Lipinski definition) is 4. The molecule has 0 saturated heterocycles. The number of alkyl halides is 9. The Kier molecular flexibility index (Phi) is 9.32. The van der Waals surface area contributed by atoms with Crippen LogP contribution in [0.4, 0.5) is 54.8 Å². The predicted molar refractivity (Wildman–Crippen MR) is 131 cm³/mol. The highest BCUT2D eigenvalue weighted by molar-refractivity contribution is 5.90. The summed E-state index contributed by atoms with van der Waals surface area (Å²) in [4.78, 5) is 27.8. The molecule has 1 heterocycles. The number of amides is 2. The molecule has 0 aliphatic carbocycles. The lowest BCUT2D eigenvalue weighted by molar-refractivity contribution is -0.143. The molecule has 1 aliphatic heterocycles. The molecule has 1 aliphatic rings. The van der Waals surface area contributed by atoms with Crippen LogP contribution in [0.2, 0.25) is 0 Å². The summed E-state index contributed by atoms with van der Waals surface area (Å²) in [5.74, 6) is 0. The van der Waals surface area contributed by atoms with E-state index in [4.69, 9.17) is 9.47 Å². The van der Waals surface area contributed by atoms with Crippen LogP contribution in [0.5, 0.6) is 0 Å². The first-order valence-electron chi connectivity index (χ1n) is 12.6. The number of hydrogen-bond donors (Lipinski definition) is 0. The van der Waals surface area contributed by atoms with Gasteiger partial charge >= 0.3 is 30.7 Å². The quantitative estimate of drug-likeness (QED) is 0.317. The Balaban J connectivity index is 2.23. The summed E-state index contributed by atoms with van der Waals surface area (Å²) in [6.45, 7) is 3.88. The van der Waals surface area contributed by atoms with Gasteiger partial charge in [-0.2, -0.15) is 39.5 Å². The molecule has 232 valence electrons. The molecule has 0 fully saturated rings. The van der Waals surface area contributed by atoms with Crippen LogP contribution in [0, 0.1) is 0 Å². The van der Waals surface area contributed by atoms with E-state index in [1.54, 1.807) is 20.8 Å². The highest BCUT2D eigenvalue weighted by Crippen LogP contribution is 2.45. The van der Waals surface area contributed by atoms with Gasteiger partial charge in [-0.15, -0.1) is 0 Å². The van der Waals surface area contributed by atoms with E-state index >= 15 is 0 Å². The second-order valence-corrected chi connectivity index (χ2v) is 9.90. The molecule has 15 heteroatoms. The molecule has 6 nitrogen and oxygen atoms in total. The van der Waals surface area contributed by atoms with E-state index in [1.807, 2.05) is 0 Å². The number of carbonyl (C=O) groups is 2. The van der Waals surface area contributed by atoms with Gasteiger partial charge in [0.2, 0.25) is 0 Å². The molecular weight excluding hydrogens is 587 g/mol. The Morgan fingerprint density at radius 1 is 0.905 bits per heavy atom. The van der Waals surface area contributed by atoms with E-state index in [0.29, 0.717) is 24.3 Å². The topological polar surface area (TPSA) is 59.1 Å². The van der Waals surface area contributed by atoms with E-state index < -0.39 is 77.7 Å². The Morgan fingerprint density at radius 3 is 1.90 bits per heavy atom. The van der Waals surface area contributed by atoms with Crippen molar-refractivity contribution in [2.75, 3.05) is 12.0 Å². The van der Waals surface area contributed by atoms with Gasteiger partial charge in [0.25, 0.3) is 0 Å². The van der Waals surface area contributed by atoms with Crippen LogP contribution in [-0.4, -0.2) is 36.3 Å². The minimum atomic E-state index is -5.17. The number of rotatable bonds is 5. The van der Waals surface area contributed by atoms with Gasteiger partial charge in [-0.1, -0.05) is 6.92 Å². The maximum atomic E-state index is 13.7. The molecule has 0 unspecified atom stereocenters. The molecule has 0 bridgehead atoms. The number of nitrogens with zero attached hydrogens (tertiary/aromatic N) is 2. The highest BCUT2D eigenvalue weighted by atomic mass is 19.4. The summed E-state index contributed by atoms with van der Waals surface area (Å²) in [5.41, 5.74) is -5.29. The lowest BCUT2D eigenvalue weighted by atomic mass is 9.87. The van der Waals surface area contributed by atoms with Crippen molar-refractivity contribution >= 4 is 17.9 Å². The molecule has 2 atom stereocenters. The molecule has 0 aromatic heterocycles. The third kappa shape index (κ3) is 7.21. The zero-order valence-electron chi connectivity index (χ0n) is 22.7. The van der Waals surface area contributed by atoms with E-state index in [1.165, 1.54) is 0 Å². The van der Waals surface area contributed by atoms with Crippen LogP contribution in [0.15, 0.2) is 36.4 Å². The lowest BCUT2D eigenvalue weighted by Gasteiger charge is -2.44. The summed E-state index contributed by atoms with van der Waals surface area (Å²) in [6.07, 6.45) is -17.9. The number of carbonyl (C=O) groups excluding carboxylic acids is 2. The highest BCUT2D eigenvalue weighted by Gasteiger charge is 2.43. The average Bonchev–Trinajstić information content (AvgIpc) is 2.87. The van der Waals surface area contributed by atoms with E-state index in [2.05, 4.69) is 0 Å². The fourth-order valence-electron chi connectivity index (χ4n) is 4.78. The van der Waals surface area contributed by atoms with Crippen molar-refractivity contribution in [2.24, 2.45) is 0 Å². The third-order valence-corrected chi connectivity index (χ3v) is 6.62. The van der Waals surface area contributed by atoms with Crippen LogP contribution in [0.25, 0.3) is 0 Å². The van der Waals surface area contributed by atoms with E-state index in [9.17, 15) is 49.1 Å². The first kappa shape index (κ1) is 32.9. The molecule has 2 amide bonds. The lowest BCUT2D eigenvalue weighted by Crippen LogP contribution is -2.49. The molecule has 42 heavy (non-hydrogen) atoms. The molecule has 2 aromatic carbocycles. The van der Waals surface area contributed by atoms with Gasteiger partial charge in [0.05, 0.1) is 41.6 Å². The van der Waals surface area contributed by atoms with E-state index in [-0.39, 0.29) is 30.2 Å². The number of fused-ring (bicyclic) bond motifs is 1. The van der Waals surface area contributed by atoms with Crippen molar-refractivity contribution in [3.63, 3.8) is 0 Å². The van der Waals surface area contributed by atoms with Crippen LogP contribution in [0.1, 0.15) is 67.5 Å². The van der Waals surface area contributed by atoms with Crippen molar-refractivity contribution in [2.45, 2.75) is 76.9 Å². The molecule has 0 N–H and O–H groups in total. The second kappa shape index (κ2) is 11.9. The number of methoxy groups -OCH3 is 1. The fraction of sp³-hybridized carbons (Fsp3) is 0.481. The fourth-order valence-corrected chi connectivity index (χ4v) is 4.78. The Hall–Kier alpha value is -3.65. The van der Waals surface area contributed by atoms with Gasteiger partial charge < -0.3 is 9.47 Å². The van der Waals surface area contributed by atoms with Gasteiger partial charge in [0, 0.05) is 12.6 Å². The van der Waals surface area contributed by atoms with Gasteiger partial charge in [-0.05, 0) is 74.2 Å². The van der Waals surface area contributed by atoms with Crippen LogP contribution in [-0.2, 0) is 34.5 Å². The average molecular weight is 615 g/mol. The number of anilines is 1. The third-order valence-electron chi connectivity index (χ3n) is 6.62. The second-order valence-electron chi connectivity index (χ2n) is 9.90. The Morgan fingerprint density at radius 2 is 1.45 bits per heavy atom. The maximum absolute atomic E-state index is 13.7. The summed E-state index contributed by atoms with van der Waals surface area (Å²) in [5, 5.41) is 0. The van der Waals surface area contributed by atoms with Crippen molar-refractivity contribution in [3.8, 4) is 0 Å². The first-order chi connectivity index (χ1) is 19.3. The van der Waals surface area contributed by atoms with Crippen molar-refractivity contribution in [1.29, 1.82) is 0 Å². The molecule has 2 aromatic rings. The number of ether oxygens (including phenoxy) is 2. The zero-order chi connectivity index (χ0) is 31.8. The minimum Gasteiger partial charge on any atom is -0.453 e. The zero-order valence-corrected chi connectivity index (χ0v) is 22.7. The number of halogens is 9. The summed E-state index contributed by atoms with van der Waals surface area (Å²) in [7, 11) is 0.905. The number of benzene rings is 2. The first-order valence-corrected chi connectivity index (χ1v) is 12.6. The van der Waals surface area contributed by atoms with Crippen LogP contribution in [0.3, 0.4) is 0 Å². The predicted octanol–water partition coefficient (Wildman–Crippen LogP) is 8.59. The molecule has 0 spiro atoms. The Bertz CT molecular complexity index is 1270. The largest absolute Gasteiger partial charge is 0.453 e. The summed E-state index contributed by atoms with van der Waals surface area (Å²) in [6, 6.07) is 1.06. The Labute approximate surface area is 235 Å². The molecule has 0 radical (unpaired) electrons. The molecule has 3 rings (SSSR count).